The molecule has 5 fully saturated rings. The summed E-state index contributed by atoms with van der Waals surface area (Å²) < 4.78 is 62.2. The van der Waals surface area contributed by atoms with Crippen molar-refractivity contribution in [3.05, 3.63) is 201 Å². The number of imide groups is 2. The average Bonchev–Trinajstić information content (AvgIpc) is 1.58. The summed E-state index contributed by atoms with van der Waals surface area (Å²) in [4.78, 5) is 106. The molecule has 3 unspecified atom stereocenters. The number of carbonyl (C=O) groups excluding carboxylic acids is 7. The third-order valence-corrected chi connectivity index (χ3v) is 19.1. The molecule has 6 heterocycles. The summed E-state index contributed by atoms with van der Waals surface area (Å²) in [7, 11) is 4.00. The molecule has 6 aromatic rings. The number of likely N-dealkylation sites (tertiary alicyclic amines) is 1. The summed E-state index contributed by atoms with van der Waals surface area (Å²) in [6.07, 6.45) is 8.00. The fourth-order valence-electron chi connectivity index (χ4n) is 14.0. The molecule has 0 saturated carbocycles. The first-order valence-electron chi connectivity index (χ1n) is 33.8. The number of hydrogen-bond acceptors (Lipinski definition) is 14. The molecule has 557 valence electrons. The Kier molecular flexibility index (Phi) is 32.1. The van der Waals surface area contributed by atoms with Gasteiger partial charge in [0.25, 0.3) is 11.8 Å². The third-order valence-electron chi connectivity index (χ3n) is 19.1. The van der Waals surface area contributed by atoms with Crippen molar-refractivity contribution in [2.24, 2.45) is 4.99 Å². The van der Waals surface area contributed by atoms with E-state index in [2.05, 4.69) is 57.7 Å². The third kappa shape index (κ3) is 20.8. The van der Waals surface area contributed by atoms with Crippen LogP contribution in [0, 0.1) is 23.3 Å². The van der Waals surface area contributed by atoms with Gasteiger partial charge in [-0.05, 0) is 198 Å². The van der Waals surface area contributed by atoms with Gasteiger partial charge in [0.1, 0.15) is 36.4 Å². The fourth-order valence-corrected chi connectivity index (χ4v) is 14.0. The van der Waals surface area contributed by atoms with Crippen LogP contribution >= 0.6 is 0 Å². The van der Waals surface area contributed by atoms with Crippen LogP contribution in [0.5, 0.6) is 0 Å². The van der Waals surface area contributed by atoms with E-state index in [0.29, 0.717) is 76.9 Å². The molecule has 9 atom stereocenters. The number of carbonyl (C=O) groups is 8. The quantitative estimate of drug-likeness (QED) is 0.0468. The van der Waals surface area contributed by atoms with Gasteiger partial charge in [-0.3, -0.25) is 24.2 Å². The molecule has 0 aromatic heterocycles. The summed E-state index contributed by atoms with van der Waals surface area (Å²) >= 11 is 0. The number of ether oxygens (including phenoxy) is 2. The number of aryl methyl sites for hydroxylation is 2. The van der Waals surface area contributed by atoms with E-state index in [4.69, 9.17) is 19.7 Å². The average molecular weight is 1460 g/mol. The zero-order valence-corrected chi connectivity index (χ0v) is 61.0. The molecule has 3 radical (unpaired) electrons. The Morgan fingerprint density at radius 2 is 0.952 bits per heavy atom. The number of aliphatic carboxylic acids is 1. The van der Waals surface area contributed by atoms with Crippen molar-refractivity contribution >= 4 is 73.4 Å². The molecule has 9 amide bonds. The van der Waals surface area contributed by atoms with Gasteiger partial charge in [-0.2, -0.15) is 0 Å². The van der Waals surface area contributed by atoms with Crippen molar-refractivity contribution in [3.63, 3.8) is 0 Å². The molecule has 2 spiro atoms. The predicted octanol–water partition coefficient (Wildman–Crippen LogP) is 9.78. The van der Waals surface area contributed by atoms with E-state index in [0.717, 1.165) is 72.1 Å². The van der Waals surface area contributed by atoms with Gasteiger partial charge in [0.2, 0.25) is 17.1 Å². The summed E-state index contributed by atoms with van der Waals surface area (Å²) in [5.41, 5.74) is 6.21. The maximum atomic E-state index is 13.5. The molecule has 14 rings (SSSR count). The van der Waals surface area contributed by atoms with Crippen LogP contribution in [0.15, 0.2) is 138 Å². The minimum atomic E-state index is -1.47. The molecule has 105 heavy (non-hydrogen) atoms. The van der Waals surface area contributed by atoms with Crippen molar-refractivity contribution in [1.82, 2.24) is 36.0 Å². The van der Waals surface area contributed by atoms with Crippen molar-refractivity contribution in [1.29, 1.82) is 0 Å². The van der Waals surface area contributed by atoms with E-state index >= 15 is 0 Å². The molecular formula is C77H95BF4N10NaO12. The number of rotatable bonds is 10. The van der Waals surface area contributed by atoms with Gasteiger partial charge in [-0.15, -0.1) is 0 Å². The summed E-state index contributed by atoms with van der Waals surface area (Å²) in [6, 6.07) is 37.6. The number of amides is 9. The number of carboxylic acids is 1. The monoisotopic (exact) mass is 1460 g/mol. The number of anilines is 2. The first-order valence-corrected chi connectivity index (χ1v) is 33.8. The molecule has 8 aliphatic rings. The van der Waals surface area contributed by atoms with Gasteiger partial charge in [0.05, 0.1) is 6.04 Å². The predicted molar refractivity (Wildman–Crippen MR) is 390 cm³/mol. The van der Waals surface area contributed by atoms with Crippen LogP contribution in [-0.2, 0) is 52.7 Å². The molecule has 22 nitrogen and oxygen atoms in total. The number of benzene rings is 6. The summed E-state index contributed by atoms with van der Waals surface area (Å²) in [5.74, 6) is -3.73. The molecule has 2 aliphatic carbocycles. The molecule has 0 bridgehead atoms. The number of urea groups is 2. The SMILES string of the molecule is C.C.CNC(=O)Nc1ccc2c(c1)CC[C@@]21OC(=O)N(CC(=O)N2C(c3ccc(F)cc3)CC[C@@H]2C)C1=O.CNC(=O)Nc1ccc2c(c1)CC[C@@]21OC(=O)N(CC(=O)O)C1=O.CO.C[C@H]1CCC(c2ccc(F)cc2)=N1.C[C@H]1CCC(c2ccc(F)cc2)N1.C[C@H]1CCC(c2ccc(F)cc2)N1.[B].[H-].[Na+]. The largest absolute Gasteiger partial charge is 1.00 e. The zero-order chi connectivity index (χ0) is 72.9. The smallest absolute Gasteiger partial charge is 1.00 e. The number of nitrogens with one attached hydrogen (secondary N) is 6. The minimum Gasteiger partial charge on any atom is -1.00 e. The second kappa shape index (κ2) is 38.9. The molecule has 5 saturated heterocycles. The maximum absolute atomic E-state index is 13.5. The van der Waals surface area contributed by atoms with Gasteiger partial charge in [0.15, 0.2) is 0 Å². The Balaban J connectivity index is 0.000000294. The summed E-state index contributed by atoms with van der Waals surface area (Å²) in [6.45, 7) is 7.24. The minimum absolute atomic E-state index is 0. The number of carboxylic acid groups (broad SMARTS) is 1. The van der Waals surface area contributed by atoms with E-state index in [1.54, 1.807) is 65.6 Å². The molecule has 6 aromatic carbocycles. The van der Waals surface area contributed by atoms with E-state index < -0.39 is 54.3 Å². The van der Waals surface area contributed by atoms with Gasteiger partial charge in [-0.1, -0.05) is 75.5 Å². The number of hydrogen-bond donors (Lipinski definition) is 8. The standard InChI is InChI=1S/C26H27FN4O5.C15H15N3O6.2C11H14FN.C11H12FN.CH4O.2CH4.B.Na.H/c1-15-3-10-21(16-4-6-18(27)7-5-16)31(15)22(32)14-30-23(33)26(36-25(30)35)12-11-17-13-19(8-9-20(17)26)29-24(34)28-2;1-16-13(22)17-9-2-3-10-8(6-9)4-5-15(10)12(21)18(7-11(19)20)14(23)24-15;3*1-8-2-7-11(13-8)9-3-5-10(12)6-4-9;1-2;;;;;/h4-9,13,15,21H,3,10-12,14H2,1-2H3,(H2,28,29,34);2-3,6H,4-5,7H2,1H3,(H,19,20)(H2,16,17,22);2*3-6,8,11,13H,2,7H2,1H3;3-6,8H,2,7H2,1H3;2H,1H3;2*1H4;;;/q;;;;;;;;;+1;-1/t15-,21?,26+;15-;2*8-,11?;8-;;;;;;/m01000....../s1. The van der Waals surface area contributed by atoms with Gasteiger partial charge in [0, 0.05) is 107 Å². The number of halogens is 4. The Hall–Kier alpha value is -8.99. The number of nitrogens with zero attached hydrogens (tertiary/aromatic N) is 4. The topological polar surface area (TPSA) is 290 Å². The maximum Gasteiger partial charge on any atom is 1.00 e. The van der Waals surface area contributed by atoms with Crippen LogP contribution in [0.4, 0.5) is 48.1 Å². The van der Waals surface area contributed by atoms with Crippen LogP contribution in [-0.4, -0.2) is 145 Å². The van der Waals surface area contributed by atoms with Crippen LogP contribution < -0.4 is 61.5 Å². The van der Waals surface area contributed by atoms with E-state index in [1.807, 2.05) is 31.2 Å². The van der Waals surface area contributed by atoms with Crippen LogP contribution in [0.2, 0.25) is 0 Å². The molecule has 6 aliphatic heterocycles. The number of aliphatic imine (C=N–C) groups is 1. The Bertz CT molecular complexity index is 3980. The Morgan fingerprint density at radius 1 is 0.552 bits per heavy atom. The van der Waals surface area contributed by atoms with Crippen molar-refractivity contribution < 1.29 is 107 Å². The number of aliphatic hydroxyl groups is 1. The van der Waals surface area contributed by atoms with Gasteiger partial charge < -0.3 is 57.9 Å². The van der Waals surface area contributed by atoms with Crippen LogP contribution in [0.3, 0.4) is 0 Å². The summed E-state index contributed by atoms with van der Waals surface area (Å²) in [5, 5.41) is 33.0. The molecule has 8 N–H and O–H groups in total. The van der Waals surface area contributed by atoms with Gasteiger partial charge >= 0.3 is 59.8 Å². The fraction of sp³-hybridized carbons (Fsp3) is 0.416. The Morgan fingerprint density at radius 3 is 1.32 bits per heavy atom. The Labute approximate surface area is 636 Å². The molecule has 28 heteroatoms. The first-order chi connectivity index (χ1) is 48.4. The first kappa shape index (κ1) is 86.7. The van der Waals surface area contributed by atoms with Gasteiger partial charge in [-0.25, -0.2) is 46.5 Å². The van der Waals surface area contributed by atoms with E-state index in [9.17, 15) is 55.9 Å². The number of aliphatic hydroxyl groups excluding tert-OH is 1. The molecular weight excluding hydrogens is 1370 g/mol. The van der Waals surface area contributed by atoms with Crippen molar-refractivity contribution in [3.8, 4) is 0 Å². The van der Waals surface area contributed by atoms with Crippen molar-refractivity contribution in [2.75, 3.05) is 44.9 Å². The number of fused-ring (bicyclic) bond motifs is 4. The zero-order valence-electron chi connectivity index (χ0n) is 60.0. The normalized spacial score (nSPS) is 23.1. The van der Waals surface area contributed by atoms with E-state index in [-0.39, 0.29) is 120 Å². The van der Waals surface area contributed by atoms with Crippen molar-refractivity contribution in [2.45, 2.75) is 173 Å². The second-order valence-electron chi connectivity index (χ2n) is 26.0. The second-order valence-corrected chi connectivity index (χ2v) is 26.0. The van der Waals surface area contributed by atoms with Crippen LogP contribution in [0.1, 0.15) is 171 Å². The van der Waals surface area contributed by atoms with Crippen LogP contribution in [0.25, 0.3) is 0 Å². The van der Waals surface area contributed by atoms with E-state index in [1.165, 1.54) is 86.6 Å².